The van der Waals surface area contributed by atoms with Crippen molar-refractivity contribution in [2.45, 2.75) is 17.5 Å². The molecule has 0 aromatic heterocycles. The summed E-state index contributed by atoms with van der Waals surface area (Å²) in [6, 6.07) is 12.6. The van der Waals surface area contributed by atoms with E-state index in [1.165, 1.54) is 36.0 Å². The van der Waals surface area contributed by atoms with Crippen LogP contribution in [-0.4, -0.2) is 23.5 Å². The van der Waals surface area contributed by atoms with Crippen LogP contribution >= 0.6 is 11.8 Å². The number of thioether (sulfide) groups is 1. The number of rotatable bonds is 7. The van der Waals surface area contributed by atoms with E-state index in [1.807, 2.05) is 5.32 Å². The SMILES string of the molecule is O[C@H](C[NH2+]Cc1ccc(F)cc1)CSc1ccc(F)cc1. The van der Waals surface area contributed by atoms with E-state index in [0.29, 0.717) is 18.8 Å². The monoisotopic (exact) mass is 310 g/mol. The molecule has 112 valence electrons. The molecule has 0 unspecified atom stereocenters. The predicted molar refractivity (Wildman–Crippen MR) is 80.0 cm³/mol. The van der Waals surface area contributed by atoms with E-state index < -0.39 is 6.10 Å². The number of nitrogens with two attached hydrogens (primary N) is 1. The zero-order chi connectivity index (χ0) is 15.1. The molecule has 0 aliphatic rings. The van der Waals surface area contributed by atoms with Crippen LogP contribution in [0.25, 0.3) is 0 Å². The van der Waals surface area contributed by atoms with E-state index in [0.717, 1.165) is 10.5 Å². The zero-order valence-corrected chi connectivity index (χ0v) is 12.3. The van der Waals surface area contributed by atoms with Crippen molar-refractivity contribution in [3.63, 3.8) is 0 Å². The maximum atomic E-state index is 12.8. The Morgan fingerprint density at radius 1 is 0.952 bits per heavy atom. The van der Waals surface area contributed by atoms with Gasteiger partial charge in [0, 0.05) is 16.2 Å². The van der Waals surface area contributed by atoms with Crippen LogP contribution in [0.1, 0.15) is 5.56 Å². The van der Waals surface area contributed by atoms with Crippen molar-refractivity contribution in [3.8, 4) is 0 Å². The molecule has 0 spiro atoms. The second-order valence-electron chi connectivity index (χ2n) is 4.77. The molecule has 0 fully saturated rings. The summed E-state index contributed by atoms with van der Waals surface area (Å²) in [6.45, 7) is 1.28. The van der Waals surface area contributed by atoms with Gasteiger partial charge in [0.25, 0.3) is 0 Å². The molecule has 0 heterocycles. The summed E-state index contributed by atoms with van der Waals surface area (Å²) in [5.74, 6) is 0.0629. The van der Waals surface area contributed by atoms with Crippen LogP contribution in [0.15, 0.2) is 53.4 Å². The highest BCUT2D eigenvalue weighted by molar-refractivity contribution is 7.99. The smallest absolute Gasteiger partial charge is 0.123 e. The van der Waals surface area contributed by atoms with Crippen LogP contribution in [0.2, 0.25) is 0 Å². The third-order valence-corrected chi connectivity index (χ3v) is 4.15. The first kappa shape index (κ1) is 15.9. The molecule has 2 nitrogen and oxygen atoms in total. The van der Waals surface area contributed by atoms with E-state index in [4.69, 9.17) is 0 Å². The molecule has 1 atom stereocenters. The van der Waals surface area contributed by atoms with Crippen LogP contribution < -0.4 is 5.32 Å². The minimum Gasteiger partial charge on any atom is -0.386 e. The largest absolute Gasteiger partial charge is 0.386 e. The number of benzene rings is 2. The summed E-state index contributed by atoms with van der Waals surface area (Å²) in [4.78, 5) is 0.939. The molecule has 0 aliphatic heterocycles. The molecule has 0 amide bonds. The minimum absolute atomic E-state index is 0.241. The first-order chi connectivity index (χ1) is 10.1. The van der Waals surface area contributed by atoms with Gasteiger partial charge in [-0.1, -0.05) is 12.1 Å². The molecule has 0 saturated heterocycles. The summed E-state index contributed by atoms with van der Waals surface area (Å²) in [6.07, 6.45) is -0.444. The molecule has 0 saturated carbocycles. The molecule has 0 bridgehead atoms. The number of aliphatic hydroxyl groups excluding tert-OH is 1. The summed E-state index contributed by atoms with van der Waals surface area (Å²) < 4.78 is 25.5. The Balaban J connectivity index is 1.66. The van der Waals surface area contributed by atoms with Crippen LogP contribution in [0.4, 0.5) is 8.78 Å². The highest BCUT2D eigenvalue weighted by Crippen LogP contribution is 2.18. The Kier molecular flexibility index (Phi) is 6.17. The van der Waals surface area contributed by atoms with Gasteiger partial charge in [0.15, 0.2) is 0 Å². The van der Waals surface area contributed by atoms with Gasteiger partial charge in [-0.25, -0.2) is 8.78 Å². The van der Waals surface area contributed by atoms with Crippen molar-refractivity contribution >= 4 is 11.8 Å². The molecular weight excluding hydrogens is 292 g/mol. The molecular formula is C16H18F2NOS+. The fourth-order valence-electron chi connectivity index (χ4n) is 1.85. The van der Waals surface area contributed by atoms with Crippen molar-refractivity contribution < 1.29 is 19.2 Å². The lowest BCUT2D eigenvalue weighted by Gasteiger charge is -2.09. The topological polar surface area (TPSA) is 36.8 Å². The van der Waals surface area contributed by atoms with Crippen LogP contribution in [0.3, 0.4) is 0 Å². The van der Waals surface area contributed by atoms with E-state index in [1.54, 1.807) is 24.3 Å². The second kappa shape index (κ2) is 8.12. The van der Waals surface area contributed by atoms with Gasteiger partial charge in [-0.15, -0.1) is 11.8 Å². The highest BCUT2D eigenvalue weighted by Gasteiger charge is 2.07. The molecule has 2 rings (SSSR count). The van der Waals surface area contributed by atoms with Crippen molar-refractivity contribution in [1.29, 1.82) is 0 Å². The third kappa shape index (κ3) is 5.83. The van der Waals surface area contributed by atoms with Crippen molar-refractivity contribution in [2.24, 2.45) is 0 Å². The normalized spacial score (nSPS) is 12.3. The Morgan fingerprint density at radius 3 is 2.14 bits per heavy atom. The maximum Gasteiger partial charge on any atom is 0.123 e. The molecule has 0 radical (unpaired) electrons. The quantitative estimate of drug-likeness (QED) is 0.769. The first-order valence-corrected chi connectivity index (χ1v) is 7.74. The average Bonchev–Trinajstić information content (AvgIpc) is 2.49. The van der Waals surface area contributed by atoms with Gasteiger partial charge >= 0.3 is 0 Å². The van der Waals surface area contributed by atoms with Crippen LogP contribution in [-0.2, 0) is 6.54 Å². The third-order valence-electron chi connectivity index (χ3n) is 2.99. The van der Waals surface area contributed by atoms with Gasteiger partial charge in [-0.3, -0.25) is 0 Å². The summed E-state index contributed by atoms with van der Waals surface area (Å²) >= 11 is 1.50. The minimum atomic E-state index is -0.444. The Morgan fingerprint density at radius 2 is 1.52 bits per heavy atom. The fourth-order valence-corrected chi connectivity index (χ4v) is 2.70. The molecule has 5 heteroatoms. The number of quaternary nitrogens is 1. The summed E-state index contributed by atoms with van der Waals surface area (Å²) in [5, 5.41) is 11.9. The van der Waals surface area contributed by atoms with Gasteiger partial charge in [-0.2, -0.15) is 0 Å². The molecule has 2 aromatic rings. The van der Waals surface area contributed by atoms with Gasteiger partial charge in [0.2, 0.25) is 0 Å². The first-order valence-electron chi connectivity index (χ1n) is 6.76. The number of hydrogen-bond donors (Lipinski definition) is 2. The van der Waals surface area contributed by atoms with Crippen molar-refractivity contribution in [3.05, 3.63) is 65.7 Å². The lowest BCUT2D eigenvalue weighted by Crippen LogP contribution is -2.85. The van der Waals surface area contributed by atoms with Crippen LogP contribution in [0.5, 0.6) is 0 Å². The summed E-state index contributed by atoms with van der Waals surface area (Å²) in [5.41, 5.74) is 1.02. The molecule has 0 aliphatic carbocycles. The van der Waals surface area contributed by atoms with E-state index in [2.05, 4.69) is 0 Å². The lowest BCUT2D eigenvalue weighted by molar-refractivity contribution is -0.675. The fraction of sp³-hybridized carbons (Fsp3) is 0.250. The van der Waals surface area contributed by atoms with Crippen molar-refractivity contribution in [1.82, 2.24) is 0 Å². The average molecular weight is 310 g/mol. The second-order valence-corrected chi connectivity index (χ2v) is 5.87. The summed E-state index contributed by atoms with van der Waals surface area (Å²) in [7, 11) is 0. The van der Waals surface area contributed by atoms with Gasteiger partial charge in [0.05, 0.1) is 0 Å². The number of hydrogen-bond acceptors (Lipinski definition) is 2. The van der Waals surface area contributed by atoms with Gasteiger partial charge < -0.3 is 10.4 Å². The molecule has 3 N–H and O–H groups in total. The zero-order valence-electron chi connectivity index (χ0n) is 11.5. The van der Waals surface area contributed by atoms with Gasteiger partial charge in [-0.05, 0) is 36.4 Å². The standard InChI is InChI=1S/C16H17F2NOS/c17-13-3-1-12(2-4-13)9-19-10-15(20)11-21-16-7-5-14(18)6-8-16/h1-8,15,19-20H,9-11H2/p+1/t15-/m1/s1. The predicted octanol–water partition coefficient (Wildman–Crippen LogP) is 2.18. The number of halogens is 2. The van der Waals surface area contributed by atoms with E-state index >= 15 is 0 Å². The van der Waals surface area contributed by atoms with Crippen LogP contribution in [0, 0.1) is 11.6 Å². The van der Waals surface area contributed by atoms with E-state index in [9.17, 15) is 13.9 Å². The number of aliphatic hydroxyl groups is 1. The highest BCUT2D eigenvalue weighted by atomic mass is 32.2. The lowest BCUT2D eigenvalue weighted by atomic mass is 10.2. The van der Waals surface area contributed by atoms with Crippen molar-refractivity contribution in [2.75, 3.05) is 12.3 Å². The maximum absolute atomic E-state index is 12.8. The molecule has 2 aromatic carbocycles. The van der Waals surface area contributed by atoms with Gasteiger partial charge in [0.1, 0.15) is 30.8 Å². The Hall–Kier alpha value is -1.43. The molecule has 21 heavy (non-hydrogen) atoms. The Labute approximate surface area is 127 Å². The van der Waals surface area contributed by atoms with E-state index in [-0.39, 0.29) is 11.6 Å². The Bertz CT molecular complexity index is 545.